The largest absolute Gasteiger partial charge is 0.382 e. The smallest absolute Gasteiger partial charge is 0.179 e. The minimum absolute atomic E-state index is 0.440. The SMILES string of the molecule is Nc1cc(NC2CC2)c2ncc(N)n2n1. The molecule has 2 aromatic rings. The molecule has 0 aromatic carbocycles. The molecule has 0 radical (unpaired) electrons. The molecule has 78 valence electrons. The lowest BCUT2D eigenvalue weighted by molar-refractivity contribution is 0.952. The van der Waals surface area contributed by atoms with Crippen molar-refractivity contribution in [2.45, 2.75) is 18.9 Å². The van der Waals surface area contributed by atoms with Gasteiger partial charge >= 0.3 is 0 Å². The highest BCUT2D eigenvalue weighted by Gasteiger charge is 2.22. The van der Waals surface area contributed by atoms with E-state index < -0.39 is 0 Å². The molecule has 0 bridgehead atoms. The molecule has 0 unspecified atom stereocenters. The van der Waals surface area contributed by atoms with Crippen molar-refractivity contribution in [1.29, 1.82) is 0 Å². The summed E-state index contributed by atoms with van der Waals surface area (Å²) in [6, 6.07) is 2.34. The summed E-state index contributed by atoms with van der Waals surface area (Å²) in [5, 5.41) is 7.44. The van der Waals surface area contributed by atoms with E-state index in [0.29, 0.717) is 17.7 Å². The van der Waals surface area contributed by atoms with E-state index in [1.54, 1.807) is 16.8 Å². The van der Waals surface area contributed by atoms with E-state index >= 15 is 0 Å². The lowest BCUT2D eigenvalue weighted by atomic mass is 10.4. The molecule has 6 nitrogen and oxygen atoms in total. The van der Waals surface area contributed by atoms with Crippen LogP contribution in [0.5, 0.6) is 0 Å². The number of aromatic nitrogens is 3. The van der Waals surface area contributed by atoms with Gasteiger partial charge in [0.15, 0.2) is 5.65 Å². The van der Waals surface area contributed by atoms with E-state index in [0.717, 1.165) is 11.3 Å². The lowest BCUT2D eigenvalue weighted by Gasteiger charge is -2.06. The Balaban J connectivity index is 2.16. The van der Waals surface area contributed by atoms with Gasteiger partial charge in [-0.1, -0.05) is 0 Å². The van der Waals surface area contributed by atoms with Gasteiger partial charge in [-0.05, 0) is 12.8 Å². The van der Waals surface area contributed by atoms with Crippen molar-refractivity contribution in [1.82, 2.24) is 14.6 Å². The molecule has 0 aliphatic heterocycles. The molecule has 3 rings (SSSR count). The minimum Gasteiger partial charge on any atom is -0.382 e. The number of nitrogen functional groups attached to an aromatic ring is 2. The van der Waals surface area contributed by atoms with Crippen LogP contribution in [0.1, 0.15) is 12.8 Å². The number of rotatable bonds is 2. The number of hydrogen-bond acceptors (Lipinski definition) is 5. The Morgan fingerprint density at radius 1 is 1.40 bits per heavy atom. The van der Waals surface area contributed by atoms with Crippen LogP contribution >= 0.6 is 0 Å². The first-order chi connectivity index (χ1) is 7.24. The molecule has 1 saturated carbocycles. The molecule has 1 aliphatic rings. The van der Waals surface area contributed by atoms with Gasteiger partial charge in [0, 0.05) is 12.1 Å². The third-order valence-corrected chi connectivity index (χ3v) is 2.45. The van der Waals surface area contributed by atoms with Gasteiger partial charge < -0.3 is 16.8 Å². The Bertz CT molecular complexity index is 513. The number of nitrogens with zero attached hydrogens (tertiary/aromatic N) is 3. The van der Waals surface area contributed by atoms with Gasteiger partial charge in [-0.15, -0.1) is 5.10 Å². The van der Waals surface area contributed by atoms with Gasteiger partial charge in [-0.2, -0.15) is 4.52 Å². The summed E-state index contributed by atoms with van der Waals surface area (Å²) in [4.78, 5) is 4.20. The molecular formula is C9H12N6. The third-order valence-electron chi connectivity index (χ3n) is 2.45. The van der Waals surface area contributed by atoms with Gasteiger partial charge in [0.05, 0.1) is 11.9 Å². The van der Waals surface area contributed by atoms with Crippen LogP contribution in [0.3, 0.4) is 0 Å². The maximum absolute atomic E-state index is 5.72. The molecule has 6 heteroatoms. The maximum atomic E-state index is 5.72. The van der Waals surface area contributed by atoms with Crippen molar-refractivity contribution in [3.63, 3.8) is 0 Å². The van der Waals surface area contributed by atoms with Crippen molar-refractivity contribution in [2.75, 3.05) is 16.8 Å². The molecule has 15 heavy (non-hydrogen) atoms. The number of fused-ring (bicyclic) bond motifs is 1. The van der Waals surface area contributed by atoms with E-state index in [9.17, 15) is 0 Å². The minimum atomic E-state index is 0.440. The van der Waals surface area contributed by atoms with Gasteiger partial charge in [0.2, 0.25) is 0 Å². The summed E-state index contributed by atoms with van der Waals surface area (Å²) in [7, 11) is 0. The third kappa shape index (κ3) is 1.34. The van der Waals surface area contributed by atoms with Crippen molar-refractivity contribution in [2.24, 2.45) is 0 Å². The van der Waals surface area contributed by atoms with E-state index in [1.807, 2.05) is 0 Å². The molecule has 1 aliphatic carbocycles. The predicted octanol–water partition coefficient (Wildman–Crippen LogP) is 0.468. The average molecular weight is 204 g/mol. The fraction of sp³-hybridized carbons (Fsp3) is 0.333. The summed E-state index contributed by atoms with van der Waals surface area (Å²) < 4.78 is 1.56. The first-order valence-corrected chi connectivity index (χ1v) is 4.90. The summed E-state index contributed by atoms with van der Waals surface area (Å²) in [5.41, 5.74) is 13.0. The standard InChI is InChI=1S/C9H12N6/c10-7-3-6(13-5-1-2-5)9-12-4-8(11)15(9)14-7/h3-5,13H,1-2,11H2,(H2,10,14). The highest BCUT2D eigenvalue weighted by molar-refractivity contribution is 5.72. The summed E-state index contributed by atoms with van der Waals surface area (Å²) in [5.74, 6) is 0.937. The topological polar surface area (TPSA) is 94.3 Å². The Kier molecular flexibility index (Phi) is 1.53. The molecule has 0 atom stereocenters. The molecule has 1 fully saturated rings. The van der Waals surface area contributed by atoms with Gasteiger partial charge in [0.1, 0.15) is 11.6 Å². The summed E-state index contributed by atoms with van der Waals surface area (Å²) in [6.07, 6.45) is 3.98. The summed E-state index contributed by atoms with van der Waals surface area (Å²) in [6.45, 7) is 0. The molecule has 0 saturated heterocycles. The van der Waals surface area contributed by atoms with E-state index in [4.69, 9.17) is 11.5 Å². The number of hydrogen-bond donors (Lipinski definition) is 3. The van der Waals surface area contributed by atoms with Crippen LogP contribution in [0.15, 0.2) is 12.3 Å². The van der Waals surface area contributed by atoms with Crippen LogP contribution in [0.2, 0.25) is 0 Å². The zero-order chi connectivity index (χ0) is 10.4. The Hall–Kier alpha value is -1.98. The molecular weight excluding hydrogens is 192 g/mol. The van der Waals surface area contributed by atoms with Crippen LogP contribution in [-0.2, 0) is 0 Å². The fourth-order valence-electron chi connectivity index (χ4n) is 1.56. The maximum Gasteiger partial charge on any atom is 0.179 e. The lowest BCUT2D eigenvalue weighted by Crippen LogP contribution is -2.07. The first-order valence-electron chi connectivity index (χ1n) is 4.90. The fourth-order valence-corrected chi connectivity index (χ4v) is 1.56. The van der Waals surface area contributed by atoms with Crippen molar-refractivity contribution in [3.8, 4) is 0 Å². The Morgan fingerprint density at radius 2 is 2.20 bits per heavy atom. The van der Waals surface area contributed by atoms with Crippen molar-refractivity contribution >= 4 is 23.0 Å². The Labute approximate surface area is 86.3 Å². The average Bonchev–Trinajstić information content (AvgIpc) is 2.92. The van der Waals surface area contributed by atoms with Gasteiger partial charge in [-0.3, -0.25) is 0 Å². The molecule has 5 N–H and O–H groups in total. The monoisotopic (exact) mass is 204 g/mol. The van der Waals surface area contributed by atoms with Gasteiger partial charge in [0.25, 0.3) is 0 Å². The molecule has 0 amide bonds. The van der Waals surface area contributed by atoms with E-state index in [-0.39, 0.29) is 0 Å². The number of anilines is 3. The zero-order valence-electron chi connectivity index (χ0n) is 8.14. The number of nitrogens with one attached hydrogen (secondary N) is 1. The highest BCUT2D eigenvalue weighted by Crippen LogP contribution is 2.27. The van der Waals surface area contributed by atoms with Crippen LogP contribution in [0.25, 0.3) is 5.65 Å². The van der Waals surface area contributed by atoms with Crippen LogP contribution in [0.4, 0.5) is 17.3 Å². The zero-order valence-corrected chi connectivity index (χ0v) is 8.14. The second kappa shape index (κ2) is 2.75. The number of nitrogens with two attached hydrogens (primary N) is 2. The second-order valence-corrected chi connectivity index (χ2v) is 3.82. The van der Waals surface area contributed by atoms with E-state index in [2.05, 4.69) is 15.4 Å². The Morgan fingerprint density at radius 3 is 2.93 bits per heavy atom. The molecule has 0 spiro atoms. The molecule has 2 aromatic heterocycles. The first kappa shape index (κ1) is 8.34. The van der Waals surface area contributed by atoms with Crippen molar-refractivity contribution < 1.29 is 0 Å². The van der Waals surface area contributed by atoms with Gasteiger partial charge in [-0.25, -0.2) is 4.98 Å². The van der Waals surface area contributed by atoms with Crippen LogP contribution in [0, 0.1) is 0 Å². The van der Waals surface area contributed by atoms with E-state index in [1.165, 1.54) is 12.8 Å². The highest BCUT2D eigenvalue weighted by atomic mass is 15.3. The predicted molar refractivity (Wildman–Crippen MR) is 58.5 cm³/mol. The van der Waals surface area contributed by atoms with Crippen LogP contribution < -0.4 is 16.8 Å². The second-order valence-electron chi connectivity index (χ2n) is 3.82. The summed E-state index contributed by atoms with van der Waals surface area (Å²) >= 11 is 0. The number of imidazole rings is 1. The molecule has 2 heterocycles. The normalized spacial score (nSPS) is 15.7. The van der Waals surface area contributed by atoms with Crippen molar-refractivity contribution in [3.05, 3.63) is 12.3 Å². The van der Waals surface area contributed by atoms with Crippen LogP contribution in [-0.4, -0.2) is 20.6 Å². The quantitative estimate of drug-likeness (QED) is 0.661.